The normalized spacial score (nSPS) is 29.3. The predicted octanol–water partition coefficient (Wildman–Crippen LogP) is 1.47. The van der Waals surface area contributed by atoms with Crippen molar-refractivity contribution in [2.75, 3.05) is 19.8 Å². The summed E-state index contributed by atoms with van der Waals surface area (Å²) in [6, 6.07) is -0.240. The van der Waals surface area contributed by atoms with Gasteiger partial charge in [0.1, 0.15) is 5.41 Å². The van der Waals surface area contributed by atoms with Gasteiger partial charge < -0.3 is 15.2 Å². The molecule has 1 fully saturated rings. The second kappa shape index (κ2) is 6.21. The van der Waals surface area contributed by atoms with Crippen LogP contribution in [0.1, 0.15) is 39.5 Å². The van der Waals surface area contributed by atoms with Gasteiger partial charge in [-0.05, 0) is 13.3 Å². The van der Waals surface area contributed by atoms with Crippen LogP contribution in [0.5, 0.6) is 0 Å². The van der Waals surface area contributed by atoms with Crippen molar-refractivity contribution in [3.8, 4) is 0 Å². The van der Waals surface area contributed by atoms with E-state index in [9.17, 15) is 4.79 Å². The van der Waals surface area contributed by atoms with Crippen LogP contribution in [0.25, 0.3) is 0 Å². The van der Waals surface area contributed by atoms with Crippen molar-refractivity contribution in [2.24, 2.45) is 11.1 Å². The fourth-order valence-electron chi connectivity index (χ4n) is 1.76. The summed E-state index contributed by atoms with van der Waals surface area (Å²) in [6.45, 7) is 5.30. The van der Waals surface area contributed by atoms with E-state index in [-0.39, 0.29) is 12.0 Å². The van der Waals surface area contributed by atoms with Gasteiger partial charge in [0.15, 0.2) is 0 Å². The first kappa shape index (κ1) is 13.5. The van der Waals surface area contributed by atoms with Gasteiger partial charge >= 0.3 is 5.97 Å². The number of carbonyl (C=O) groups excluding carboxylic acids is 1. The molecule has 1 heterocycles. The number of rotatable bonds is 6. The average Bonchev–Trinajstić information content (AvgIpc) is 2.60. The van der Waals surface area contributed by atoms with Gasteiger partial charge in [0.2, 0.25) is 0 Å². The van der Waals surface area contributed by atoms with Crippen LogP contribution in [0.3, 0.4) is 0 Å². The molecule has 0 aliphatic carbocycles. The van der Waals surface area contributed by atoms with Gasteiger partial charge in [0, 0.05) is 6.04 Å². The lowest BCUT2D eigenvalue weighted by Gasteiger charge is -2.24. The second-order valence-electron chi connectivity index (χ2n) is 4.74. The van der Waals surface area contributed by atoms with E-state index in [1.165, 1.54) is 12.8 Å². The Labute approximate surface area is 97.5 Å². The van der Waals surface area contributed by atoms with E-state index < -0.39 is 5.41 Å². The summed E-state index contributed by atoms with van der Waals surface area (Å²) >= 11 is 0. The van der Waals surface area contributed by atoms with Crippen molar-refractivity contribution in [3.05, 3.63) is 0 Å². The second-order valence-corrected chi connectivity index (χ2v) is 4.74. The molecule has 4 nitrogen and oxygen atoms in total. The van der Waals surface area contributed by atoms with E-state index in [1.54, 1.807) is 0 Å². The van der Waals surface area contributed by atoms with E-state index in [4.69, 9.17) is 15.2 Å². The van der Waals surface area contributed by atoms with Gasteiger partial charge in [-0.25, -0.2) is 0 Å². The summed E-state index contributed by atoms with van der Waals surface area (Å²) in [4.78, 5) is 11.8. The fourth-order valence-corrected chi connectivity index (χ4v) is 1.76. The zero-order valence-electron chi connectivity index (χ0n) is 10.3. The van der Waals surface area contributed by atoms with Gasteiger partial charge in [-0.3, -0.25) is 4.79 Å². The van der Waals surface area contributed by atoms with E-state index in [1.807, 2.05) is 6.92 Å². The van der Waals surface area contributed by atoms with Gasteiger partial charge in [-0.1, -0.05) is 26.2 Å². The Kier molecular flexibility index (Phi) is 5.22. The molecular formula is C12H23NO3. The number of ether oxygens (including phenoxy) is 2. The van der Waals surface area contributed by atoms with Crippen LogP contribution in [-0.4, -0.2) is 31.8 Å². The minimum Gasteiger partial charge on any atom is -0.465 e. The third-order valence-electron chi connectivity index (χ3n) is 3.22. The Bertz CT molecular complexity index is 232. The largest absolute Gasteiger partial charge is 0.465 e. The molecule has 0 saturated carbocycles. The van der Waals surface area contributed by atoms with Crippen LogP contribution in [0.4, 0.5) is 0 Å². The van der Waals surface area contributed by atoms with Gasteiger partial charge in [0.25, 0.3) is 0 Å². The molecule has 0 aromatic carbocycles. The van der Waals surface area contributed by atoms with Crippen molar-refractivity contribution in [1.29, 1.82) is 0 Å². The number of unbranched alkanes of at least 4 members (excludes halogenated alkanes) is 3. The summed E-state index contributed by atoms with van der Waals surface area (Å²) in [5, 5.41) is 0. The fraction of sp³-hybridized carbons (Fsp3) is 0.917. The number of hydrogen-bond donors (Lipinski definition) is 1. The Hall–Kier alpha value is -0.610. The maximum atomic E-state index is 11.8. The van der Waals surface area contributed by atoms with Crippen LogP contribution in [-0.2, 0) is 14.3 Å². The number of hydrogen-bond acceptors (Lipinski definition) is 4. The Morgan fingerprint density at radius 1 is 1.50 bits per heavy atom. The van der Waals surface area contributed by atoms with Crippen molar-refractivity contribution in [2.45, 2.75) is 45.6 Å². The summed E-state index contributed by atoms with van der Waals surface area (Å²) in [7, 11) is 0. The monoisotopic (exact) mass is 229 g/mol. The highest BCUT2D eigenvalue weighted by Gasteiger charge is 2.45. The molecule has 94 valence electrons. The van der Waals surface area contributed by atoms with E-state index in [0.29, 0.717) is 19.8 Å². The number of esters is 1. The highest BCUT2D eigenvalue weighted by atomic mass is 16.5. The zero-order chi connectivity index (χ0) is 12.0. The molecule has 1 aliphatic rings. The van der Waals surface area contributed by atoms with E-state index in [2.05, 4.69) is 6.92 Å². The quantitative estimate of drug-likeness (QED) is 0.553. The molecule has 1 rings (SSSR count). The maximum absolute atomic E-state index is 11.8. The van der Waals surface area contributed by atoms with E-state index in [0.717, 1.165) is 12.8 Å². The molecule has 0 bridgehead atoms. The molecule has 2 atom stereocenters. The van der Waals surface area contributed by atoms with Crippen molar-refractivity contribution >= 4 is 5.97 Å². The van der Waals surface area contributed by atoms with Gasteiger partial charge in [-0.15, -0.1) is 0 Å². The molecule has 0 radical (unpaired) electrons. The average molecular weight is 229 g/mol. The lowest BCUT2D eigenvalue weighted by atomic mass is 9.86. The van der Waals surface area contributed by atoms with Gasteiger partial charge in [-0.2, -0.15) is 0 Å². The lowest BCUT2D eigenvalue weighted by Crippen LogP contribution is -2.45. The minimum absolute atomic E-state index is 0.214. The van der Waals surface area contributed by atoms with Crippen molar-refractivity contribution < 1.29 is 14.3 Å². The standard InChI is InChI=1S/C12H23NO3/c1-3-4-5-6-7-16-11(14)12(2)9-15-8-10(12)13/h10H,3-9,13H2,1-2H3. The molecule has 0 aromatic rings. The van der Waals surface area contributed by atoms with E-state index >= 15 is 0 Å². The highest BCUT2D eigenvalue weighted by Crippen LogP contribution is 2.28. The third-order valence-corrected chi connectivity index (χ3v) is 3.22. The van der Waals surface area contributed by atoms with Gasteiger partial charge in [0.05, 0.1) is 19.8 Å². The molecule has 1 aliphatic heterocycles. The smallest absolute Gasteiger partial charge is 0.315 e. The summed E-state index contributed by atoms with van der Waals surface area (Å²) in [5.74, 6) is -0.214. The number of nitrogens with two attached hydrogens (primary N) is 1. The Morgan fingerprint density at radius 2 is 2.25 bits per heavy atom. The molecular weight excluding hydrogens is 206 g/mol. The van der Waals surface area contributed by atoms with Crippen molar-refractivity contribution in [3.63, 3.8) is 0 Å². The Morgan fingerprint density at radius 3 is 2.81 bits per heavy atom. The molecule has 1 saturated heterocycles. The third kappa shape index (κ3) is 3.19. The highest BCUT2D eigenvalue weighted by molar-refractivity contribution is 5.78. The van der Waals surface area contributed by atoms with Crippen molar-refractivity contribution in [1.82, 2.24) is 0 Å². The summed E-state index contributed by atoms with van der Waals surface area (Å²) in [5.41, 5.74) is 5.19. The molecule has 0 amide bonds. The first-order valence-electron chi connectivity index (χ1n) is 6.12. The molecule has 2 N–H and O–H groups in total. The maximum Gasteiger partial charge on any atom is 0.315 e. The summed E-state index contributed by atoms with van der Waals surface area (Å²) < 4.78 is 10.5. The molecule has 16 heavy (non-hydrogen) atoms. The van der Waals surface area contributed by atoms with Crippen LogP contribution in [0.15, 0.2) is 0 Å². The molecule has 0 spiro atoms. The molecule has 2 unspecified atom stereocenters. The zero-order valence-corrected chi connectivity index (χ0v) is 10.3. The van der Waals surface area contributed by atoms with Crippen LogP contribution in [0, 0.1) is 5.41 Å². The molecule has 0 aromatic heterocycles. The van der Waals surface area contributed by atoms with Crippen LogP contribution < -0.4 is 5.73 Å². The number of carbonyl (C=O) groups is 1. The first-order chi connectivity index (χ1) is 7.61. The van der Waals surface area contributed by atoms with Crippen LogP contribution >= 0.6 is 0 Å². The summed E-state index contributed by atoms with van der Waals surface area (Å²) in [6.07, 6.45) is 4.43. The lowest BCUT2D eigenvalue weighted by molar-refractivity contribution is -0.155. The topological polar surface area (TPSA) is 61.5 Å². The first-order valence-corrected chi connectivity index (χ1v) is 6.12. The minimum atomic E-state index is -0.648. The Balaban J connectivity index is 2.24. The van der Waals surface area contributed by atoms with Crippen LogP contribution in [0.2, 0.25) is 0 Å². The molecule has 4 heteroatoms. The SMILES string of the molecule is CCCCCCOC(=O)C1(C)COCC1N. The predicted molar refractivity (Wildman–Crippen MR) is 62.0 cm³/mol.